The Morgan fingerprint density at radius 3 is 1.32 bits per heavy atom. The first-order chi connectivity index (χ1) is 29.0. The molecule has 0 radical (unpaired) electrons. The van der Waals surface area contributed by atoms with Gasteiger partial charge in [-0.2, -0.15) is 0 Å². The summed E-state index contributed by atoms with van der Waals surface area (Å²) in [5, 5.41) is 0. The van der Waals surface area contributed by atoms with E-state index < -0.39 is 5.41 Å². The van der Waals surface area contributed by atoms with Crippen molar-refractivity contribution in [3.05, 3.63) is 221 Å². The molecule has 0 amide bonds. The molecule has 0 aromatic heterocycles. The summed E-state index contributed by atoms with van der Waals surface area (Å²) in [5.41, 5.74) is 23.2. The summed E-state index contributed by atoms with van der Waals surface area (Å²) in [7, 11) is 0. The second-order valence-corrected chi connectivity index (χ2v) is 17.9. The maximum Gasteiger partial charge on any atom is 0.0726 e. The molecule has 8 aromatic rings. The Bertz CT molecular complexity index is 2880. The lowest BCUT2D eigenvalue weighted by molar-refractivity contribution is 0.443. The van der Waals surface area contributed by atoms with Crippen molar-refractivity contribution in [3.8, 4) is 44.5 Å². The van der Waals surface area contributed by atoms with Crippen LogP contribution in [0.15, 0.2) is 182 Å². The van der Waals surface area contributed by atoms with Gasteiger partial charge in [-0.1, -0.05) is 179 Å². The van der Waals surface area contributed by atoms with Crippen LogP contribution in [0.2, 0.25) is 0 Å². The molecule has 1 saturated carbocycles. The van der Waals surface area contributed by atoms with E-state index in [9.17, 15) is 0 Å². The largest absolute Gasteiger partial charge is 0.310 e. The maximum atomic E-state index is 2.51. The quantitative estimate of drug-likeness (QED) is 0.169. The van der Waals surface area contributed by atoms with Crippen molar-refractivity contribution in [2.75, 3.05) is 4.90 Å². The molecule has 1 fully saturated rings. The summed E-state index contributed by atoms with van der Waals surface area (Å²) >= 11 is 0. The molecule has 8 aromatic carbocycles. The van der Waals surface area contributed by atoms with Crippen LogP contribution in [0.1, 0.15) is 90.8 Å². The van der Waals surface area contributed by atoms with Crippen LogP contribution in [0.25, 0.3) is 44.5 Å². The van der Waals surface area contributed by atoms with E-state index in [0.29, 0.717) is 5.92 Å². The fourth-order valence-electron chi connectivity index (χ4n) is 11.7. The van der Waals surface area contributed by atoms with Crippen LogP contribution in [0.5, 0.6) is 0 Å². The monoisotopic (exact) mass is 757 g/mol. The zero-order valence-electron chi connectivity index (χ0n) is 33.9. The zero-order valence-corrected chi connectivity index (χ0v) is 33.9. The minimum atomic E-state index is -0.407. The average Bonchev–Trinajstić information content (AvgIpc) is 3.85. The molecular formula is C58H47N. The average molecular weight is 758 g/mol. The van der Waals surface area contributed by atoms with Gasteiger partial charge in [0.2, 0.25) is 0 Å². The van der Waals surface area contributed by atoms with Crippen molar-refractivity contribution in [3.63, 3.8) is 0 Å². The van der Waals surface area contributed by atoms with Gasteiger partial charge in [0.05, 0.1) is 5.41 Å². The topological polar surface area (TPSA) is 3.24 Å². The molecule has 284 valence electrons. The Balaban J connectivity index is 1.03. The van der Waals surface area contributed by atoms with Crippen molar-refractivity contribution < 1.29 is 0 Å². The summed E-state index contributed by atoms with van der Waals surface area (Å²) in [6.45, 7) is 4.76. The normalized spacial score (nSPS) is 16.2. The minimum absolute atomic E-state index is 0.109. The Morgan fingerprint density at radius 2 is 0.780 bits per heavy atom. The van der Waals surface area contributed by atoms with Gasteiger partial charge in [0.15, 0.2) is 0 Å². The standard InChI is InChI=1S/C58H47N/c1-57(2)51-20-10-6-16-45(51)49-34-32-43(36-55(49)57)59(42-30-28-41(29-31-42)40-26-24-39(25-27-40)38-14-4-3-5-15-38)44-33-35-50-48-19-9-13-23-54(48)58(56(50)37-44)52-21-11-7-17-46(52)47-18-8-12-22-53(47)58/h6-13,16-38H,3-5,14-15H2,1-2H3. The van der Waals surface area contributed by atoms with Gasteiger partial charge in [-0.3, -0.25) is 0 Å². The van der Waals surface area contributed by atoms with E-state index in [4.69, 9.17) is 0 Å². The summed E-state index contributed by atoms with van der Waals surface area (Å²) in [4.78, 5) is 2.50. The lowest BCUT2D eigenvalue weighted by Crippen LogP contribution is -2.26. The third-order valence-corrected chi connectivity index (χ3v) is 14.5. The number of rotatable bonds is 5. The summed E-state index contributed by atoms with van der Waals surface area (Å²) in [6, 6.07) is 69.4. The van der Waals surface area contributed by atoms with E-state index in [1.807, 2.05) is 0 Å². The number of nitrogens with zero attached hydrogens (tertiary/aromatic N) is 1. The van der Waals surface area contributed by atoms with Gasteiger partial charge in [-0.05, 0) is 139 Å². The lowest BCUT2D eigenvalue weighted by atomic mass is 9.70. The van der Waals surface area contributed by atoms with E-state index in [0.717, 1.165) is 11.4 Å². The predicted molar refractivity (Wildman–Crippen MR) is 246 cm³/mol. The highest BCUT2D eigenvalue weighted by Crippen LogP contribution is 2.63. The Morgan fingerprint density at radius 1 is 0.373 bits per heavy atom. The van der Waals surface area contributed by atoms with Gasteiger partial charge in [0.25, 0.3) is 0 Å². The molecule has 59 heavy (non-hydrogen) atoms. The molecular weight excluding hydrogens is 711 g/mol. The highest BCUT2D eigenvalue weighted by atomic mass is 15.1. The molecule has 0 aliphatic heterocycles. The van der Waals surface area contributed by atoms with Crippen LogP contribution in [0.3, 0.4) is 0 Å². The molecule has 1 heteroatoms. The molecule has 1 nitrogen and oxygen atoms in total. The molecule has 0 atom stereocenters. The summed E-state index contributed by atoms with van der Waals surface area (Å²) in [6.07, 6.45) is 6.75. The highest BCUT2D eigenvalue weighted by Gasteiger charge is 2.51. The molecule has 1 spiro atoms. The van der Waals surface area contributed by atoms with E-state index >= 15 is 0 Å². The van der Waals surface area contributed by atoms with Crippen molar-refractivity contribution in [1.82, 2.24) is 0 Å². The number of anilines is 3. The number of hydrogen-bond donors (Lipinski definition) is 0. The van der Waals surface area contributed by atoms with Gasteiger partial charge in [0, 0.05) is 22.5 Å². The maximum absolute atomic E-state index is 2.51. The van der Waals surface area contributed by atoms with Crippen LogP contribution in [0, 0.1) is 0 Å². The Hall–Kier alpha value is -6.44. The SMILES string of the molecule is CC1(C)c2ccccc2-c2ccc(N(c3ccc(-c4ccc(C5CCCCC5)cc4)cc3)c3ccc4c(c3)C3(c5ccccc5-c5ccccc53)c3ccccc3-4)cc21. The number of hydrogen-bond acceptors (Lipinski definition) is 1. The molecule has 0 bridgehead atoms. The first kappa shape index (κ1) is 34.6. The molecule has 4 aliphatic carbocycles. The predicted octanol–water partition coefficient (Wildman–Crippen LogP) is 15.5. The van der Waals surface area contributed by atoms with E-state index in [1.54, 1.807) is 0 Å². The minimum Gasteiger partial charge on any atom is -0.310 e. The third-order valence-electron chi connectivity index (χ3n) is 14.5. The van der Waals surface area contributed by atoms with Crippen molar-refractivity contribution in [2.45, 2.75) is 62.7 Å². The van der Waals surface area contributed by atoms with E-state index in [-0.39, 0.29) is 5.41 Å². The van der Waals surface area contributed by atoms with Crippen LogP contribution in [-0.4, -0.2) is 0 Å². The van der Waals surface area contributed by atoms with Gasteiger partial charge in [0.1, 0.15) is 0 Å². The molecule has 0 unspecified atom stereocenters. The van der Waals surface area contributed by atoms with Crippen molar-refractivity contribution >= 4 is 17.1 Å². The van der Waals surface area contributed by atoms with Crippen molar-refractivity contribution in [2.24, 2.45) is 0 Å². The van der Waals surface area contributed by atoms with Crippen molar-refractivity contribution in [1.29, 1.82) is 0 Å². The molecule has 4 aliphatic rings. The van der Waals surface area contributed by atoms with Gasteiger partial charge < -0.3 is 4.90 Å². The number of fused-ring (bicyclic) bond motifs is 13. The zero-order chi connectivity index (χ0) is 39.3. The van der Waals surface area contributed by atoms with E-state index in [1.165, 1.54) is 121 Å². The summed E-state index contributed by atoms with van der Waals surface area (Å²) < 4.78 is 0. The second kappa shape index (κ2) is 13.0. The van der Waals surface area contributed by atoms with Gasteiger partial charge in [-0.15, -0.1) is 0 Å². The lowest BCUT2D eigenvalue weighted by Gasteiger charge is -2.32. The molecule has 0 saturated heterocycles. The first-order valence-corrected chi connectivity index (χ1v) is 21.7. The van der Waals surface area contributed by atoms with Gasteiger partial charge >= 0.3 is 0 Å². The summed E-state index contributed by atoms with van der Waals surface area (Å²) in [5.74, 6) is 0.712. The van der Waals surface area contributed by atoms with Crippen LogP contribution >= 0.6 is 0 Å². The fraction of sp³-hybridized carbons (Fsp3) is 0.172. The highest BCUT2D eigenvalue weighted by molar-refractivity contribution is 5.96. The van der Waals surface area contributed by atoms with Crippen LogP contribution < -0.4 is 4.90 Å². The molecule has 0 heterocycles. The fourth-order valence-corrected chi connectivity index (χ4v) is 11.7. The number of benzene rings is 8. The van der Waals surface area contributed by atoms with Gasteiger partial charge in [-0.25, -0.2) is 0 Å². The van der Waals surface area contributed by atoms with E-state index in [2.05, 4.69) is 201 Å². The Labute approximate surface area is 348 Å². The molecule has 0 N–H and O–H groups in total. The first-order valence-electron chi connectivity index (χ1n) is 21.7. The smallest absolute Gasteiger partial charge is 0.0726 e. The molecule has 12 rings (SSSR count). The Kier molecular flexibility index (Phi) is 7.64. The van der Waals surface area contributed by atoms with Crippen LogP contribution in [0.4, 0.5) is 17.1 Å². The third kappa shape index (κ3) is 4.97. The second-order valence-electron chi connectivity index (χ2n) is 17.9. The van der Waals surface area contributed by atoms with Crippen LogP contribution in [-0.2, 0) is 10.8 Å².